The third-order valence-corrected chi connectivity index (χ3v) is 4.88. The molecule has 0 atom stereocenters. The van der Waals surface area contributed by atoms with E-state index in [0.29, 0.717) is 11.1 Å². The first-order valence-electron chi connectivity index (χ1n) is 4.00. The van der Waals surface area contributed by atoms with Crippen LogP contribution < -0.4 is 0 Å². The largest absolute Gasteiger partial charge is 0.243 e. The van der Waals surface area contributed by atoms with Gasteiger partial charge in [0, 0.05) is 9.77 Å². The molecule has 1 aromatic heterocycles. The summed E-state index contributed by atoms with van der Waals surface area (Å²) in [5.74, 6) is 0.642. The van der Waals surface area contributed by atoms with Crippen LogP contribution in [0.2, 0.25) is 5.15 Å². The lowest BCUT2D eigenvalue weighted by molar-refractivity contribution is 0.643. The maximum atomic E-state index is 5.86. The zero-order valence-electron chi connectivity index (χ0n) is 7.44. The van der Waals surface area contributed by atoms with Crippen LogP contribution in [0.15, 0.2) is 10.7 Å². The molecular formula is C9H10BrClIN. The molecule has 0 aliphatic carbocycles. The minimum absolute atomic E-state index is 0.539. The Hall–Kier alpha value is 0.650. The van der Waals surface area contributed by atoms with Crippen molar-refractivity contribution in [2.45, 2.75) is 20.3 Å². The van der Waals surface area contributed by atoms with Crippen LogP contribution in [0.4, 0.5) is 0 Å². The fourth-order valence-corrected chi connectivity index (χ4v) is 2.34. The Bertz CT molecular complexity index is 315. The Morgan fingerprint density at radius 1 is 1.62 bits per heavy atom. The smallest absolute Gasteiger partial charge is 0.144 e. The second-order valence-corrected chi connectivity index (χ2v) is 5.53. The summed E-state index contributed by atoms with van der Waals surface area (Å²) >= 11 is 11.6. The first-order chi connectivity index (χ1) is 6.02. The molecule has 0 radical (unpaired) electrons. The van der Waals surface area contributed by atoms with Gasteiger partial charge in [0.05, 0.1) is 4.47 Å². The van der Waals surface area contributed by atoms with E-state index in [2.05, 4.69) is 57.4 Å². The molecule has 1 heterocycles. The van der Waals surface area contributed by atoms with E-state index < -0.39 is 0 Å². The minimum atomic E-state index is 0.539. The van der Waals surface area contributed by atoms with Gasteiger partial charge in [0.25, 0.3) is 0 Å². The number of hydrogen-bond acceptors (Lipinski definition) is 1. The Balaban J connectivity index is 3.04. The van der Waals surface area contributed by atoms with Gasteiger partial charge in [-0.3, -0.25) is 0 Å². The number of rotatable bonds is 2. The van der Waals surface area contributed by atoms with Crippen LogP contribution in [-0.4, -0.2) is 4.98 Å². The molecule has 0 spiro atoms. The molecule has 13 heavy (non-hydrogen) atoms. The van der Waals surface area contributed by atoms with Crippen molar-refractivity contribution in [3.05, 3.63) is 25.0 Å². The summed E-state index contributed by atoms with van der Waals surface area (Å²) in [6.45, 7) is 4.39. The summed E-state index contributed by atoms with van der Waals surface area (Å²) in [6, 6.07) is 0. The maximum Gasteiger partial charge on any atom is 0.144 e. The van der Waals surface area contributed by atoms with Crippen molar-refractivity contribution in [2.75, 3.05) is 0 Å². The van der Waals surface area contributed by atoms with Crippen LogP contribution >= 0.6 is 50.1 Å². The number of hydrogen-bond donors (Lipinski definition) is 0. The number of aromatic nitrogens is 1. The maximum absolute atomic E-state index is 5.86. The molecule has 0 bridgehead atoms. The van der Waals surface area contributed by atoms with Crippen LogP contribution in [0.25, 0.3) is 0 Å². The van der Waals surface area contributed by atoms with Gasteiger partial charge < -0.3 is 0 Å². The van der Waals surface area contributed by atoms with Crippen molar-refractivity contribution in [3.63, 3.8) is 0 Å². The Morgan fingerprint density at radius 2 is 2.23 bits per heavy atom. The second kappa shape index (κ2) is 4.94. The van der Waals surface area contributed by atoms with Gasteiger partial charge in [-0.1, -0.05) is 25.4 Å². The Kier molecular flexibility index (Phi) is 4.45. The fraction of sp³-hybridized carbons (Fsp3) is 0.444. The van der Waals surface area contributed by atoms with Crippen LogP contribution in [0.1, 0.15) is 19.4 Å². The predicted molar refractivity (Wildman–Crippen MR) is 68.2 cm³/mol. The van der Waals surface area contributed by atoms with Gasteiger partial charge in [0.1, 0.15) is 5.15 Å². The van der Waals surface area contributed by atoms with Crippen molar-refractivity contribution in [1.82, 2.24) is 4.98 Å². The van der Waals surface area contributed by atoms with Crippen molar-refractivity contribution in [1.29, 1.82) is 0 Å². The zero-order chi connectivity index (χ0) is 10.0. The molecule has 0 N–H and O–H groups in total. The molecule has 1 nitrogen and oxygen atoms in total. The quantitative estimate of drug-likeness (QED) is 0.556. The Labute approximate surface area is 106 Å². The lowest BCUT2D eigenvalue weighted by Crippen LogP contribution is -1.99. The first kappa shape index (κ1) is 11.7. The molecule has 0 aliphatic heterocycles. The minimum Gasteiger partial charge on any atom is -0.243 e. The predicted octanol–water partition coefficient (Wildman–Crippen LogP) is 4.30. The van der Waals surface area contributed by atoms with E-state index in [1.54, 1.807) is 0 Å². The van der Waals surface area contributed by atoms with E-state index in [-0.39, 0.29) is 0 Å². The van der Waals surface area contributed by atoms with Crippen molar-refractivity contribution >= 4 is 50.1 Å². The Morgan fingerprint density at radius 3 is 2.77 bits per heavy atom. The van der Waals surface area contributed by atoms with Crippen LogP contribution in [-0.2, 0) is 6.42 Å². The van der Waals surface area contributed by atoms with E-state index >= 15 is 0 Å². The van der Waals surface area contributed by atoms with E-state index in [1.807, 2.05) is 6.20 Å². The monoisotopic (exact) mass is 373 g/mol. The molecule has 0 aliphatic rings. The summed E-state index contributed by atoms with van der Waals surface area (Å²) in [6.07, 6.45) is 2.90. The highest BCUT2D eigenvalue weighted by molar-refractivity contribution is 14.1. The number of pyridine rings is 1. The van der Waals surface area contributed by atoms with Crippen molar-refractivity contribution in [3.8, 4) is 0 Å². The van der Waals surface area contributed by atoms with E-state index in [0.717, 1.165) is 10.9 Å². The van der Waals surface area contributed by atoms with Crippen molar-refractivity contribution in [2.24, 2.45) is 5.92 Å². The van der Waals surface area contributed by atoms with Gasteiger partial charge in [-0.15, -0.1) is 0 Å². The summed E-state index contributed by atoms with van der Waals surface area (Å²) in [5.41, 5.74) is 1.26. The molecule has 0 saturated carbocycles. The summed E-state index contributed by atoms with van der Waals surface area (Å²) in [7, 11) is 0. The molecule has 0 aromatic carbocycles. The third kappa shape index (κ3) is 3.06. The zero-order valence-corrected chi connectivity index (χ0v) is 11.9. The van der Waals surface area contributed by atoms with Crippen LogP contribution in [0, 0.1) is 9.49 Å². The fourth-order valence-electron chi connectivity index (χ4n) is 1.06. The molecular weight excluding hydrogens is 364 g/mol. The average Bonchev–Trinajstić information content (AvgIpc) is 2.06. The normalized spacial score (nSPS) is 10.9. The van der Waals surface area contributed by atoms with E-state index in [1.165, 1.54) is 9.13 Å². The van der Waals surface area contributed by atoms with E-state index in [4.69, 9.17) is 11.6 Å². The second-order valence-electron chi connectivity index (χ2n) is 3.30. The van der Waals surface area contributed by atoms with Gasteiger partial charge in [0.15, 0.2) is 0 Å². The molecule has 72 valence electrons. The topological polar surface area (TPSA) is 12.9 Å². The number of halogens is 3. The molecule has 1 rings (SSSR count). The molecule has 0 fully saturated rings. The number of nitrogens with zero attached hydrogens (tertiary/aromatic N) is 1. The van der Waals surface area contributed by atoms with Crippen molar-refractivity contribution < 1.29 is 0 Å². The standard InChI is InChI=1S/C9H10BrClIN/c1-5(2)3-6-4-13-9(11)7(10)8(6)12/h4-5H,3H2,1-2H3. The summed E-state index contributed by atoms with van der Waals surface area (Å²) < 4.78 is 2.08. The highest BCUT2D eigenvalue weighted by atomic mass is 127. The molecule has 4 heteroatoms. The molecule has 0 amide bonds. The highest BCUT2D eigenvalue weighted by Gasteiger charge is 2.09. The summed E-state index contributed by atoms with van der Waals surface area (Å²) in [5, 5.41) is 0.539. The summed E-state index contributed by atoms with van der Waals surface area (Å²) in [4.78, 5) is 4.11. The van der Waals surface area contributed by atoms with Gasteiger partial charge in [-0.2, -0.15) is 0 Å². The lowest BCUT2D eigenvalue weighted by Gasteiger charge is -2.08. The molecule has 0 saturated heterocycles. The van der Waals surface area contributed by atoms with Gasteiger partial charge in [-0.05, 0) is 56.4 Å². The van der Waals surface area contributed by atoms with Crippen LogP contribution in [0.3, 0.4) is 0 Å². The average molecular weight is 374 g/mol. The van der Waals surface area contributed by atoms with Gasteiger partial charge in [-0.25, -0.2) is 4.98 Å². The lowest BCUT2D eigenvalue weighted by atomic mass is 10.1. The SMILES string of the molecule is CC(C)Cc1cnc(Cl)c(Br)c1I. The molecule has 0 unspecified atom stereocenters. The van der Waals surface area contributed by atoms with Crippen LogP contribution in [0.5, 0.6) is 0 Å². The van der Waals surface area contributed by atoms with Gasteiger partial charge >= 0.3 is 0 Å². The first-order valence-corrected chi connectivity index (χ1v) is 6.25. The third-order valence-electron chi connectivity index (χ3n) is 1.62. The highest BCUT2D eigenvalue weighted by Crippen LogP contribution is 2.29. The van der Waals surface area contributed by atoms with Gasteiger partial charge in [0.2, 0.25) is 0 Å². The molecule has 1 aromatic rings. The van der Waals surface area contributed by atoms with E-state index in [9.17, 15) is 0 Å².